The van der Waals surface area contributed by atoms with E-state index in [0.717, 1.165) is 27.7 Å². The molecule has 0 bridgehead atoms. The summed E-state index contributed by atoms with van der Waals surface area (Å²) >= 11 is 0. The van der Waals surface area contributed by atoms with E-state index < -0.39 is 9.84 Å². The van der Waals surface area contributed by atoms with Crippen LogP contribution in [0.25, 0.3) is 22.0 Å². The zero-order valence-corrected chi connectivity index (χ0v) is 15.3. The van der Waals surface area contributed by atoms with Crippen LogP contribution in [0.15, 0.2) is 65.6 Å². The summed E-state index contributed by atoms with van der Waals surface area (Å²) in [5, 5.41) is 7.76. The largest absolute Gasteiger partial charge is 0.364 e. The Balaban J connectivity index is 1.63. The molecule has 1 N–H and O–H groups in total. The Morgan fingerprint density at radius 1 is 1.07 bits per heavy atom. The van der Waals surface area contributed by atoms with Gasteiger partial charge in [0.15, 0.2) is 9.84 Å². The minimum absolute atomic E-state index is 0.0107. The molecule has 2 heterocycles. The van der Waals surface area contributed by atoms with Crippen molar-refractivity contribution in [3.05, 3.63) is 66.7 Å². The van der Waals surface area contributed by atoms with Crippen molar-refractivity contribution in [3.63, 3.8) is 0 Å². The van der Waals surface area contributed by atoms with Crippen LogP contribution in [0, 0.1) is 0 Å². The minimum atomic E-state index is -3.09. The van der Waals surface area contributed by atoms with Crippen LogP contribution in [0.3, 0.4) is 0 Å². The van der Waals surface area contributed by atoms with Gasteiger partial charge in [-0.05, 0) is 29.3 Å². The molecule has 0 unspecified atom stereocenters. The van der Waals surface area contributed by atoms with Gasteiger partial charge in [-0.25, -0.2) is 18.4 Å². The van der Waals surface area contributed by atoms with E-state index in [9.17, 15) is 8.42 Å². The average Bonchev–Trinajstić information content (AvgIpc) is 3.14. The maximum atomic E-state index is 11.5. The third kappa shape index (κ3) is 4.12. The van der Waals surface area contributed by atoms with E-state index in [4.69, 9.17) is 4.52 Å². The summed E-state index contributed by atoms with van der Waals surface area (Å²) in [5.41, 5.74) is 4.03. The van der Waals surface area contributed by atoms with Gasteiger partial charge in [-0.3, -0.25) is 0 Å². The highest BCUT2D eigenvalue weighted by Gasteiger charge is 2.07. The third-order valence-corrected chi connectivity index (χ3v) is 4.82. The Morgan fingerprint density at radius 3 is 2.74 bits per heavy atom. The summed E-state index contributed by atoms with van der Waals surface area (Å²) in [5.74, 6) is 0.421. The summed E-state index contributed by atoms with van der Waals surface area (Å²) in [4.78, 5) is 8.88. The van der Waals surface area contributed by atoms with E-state index in [1.165, 1.54) is 6.26 Å². The molecular weight excluding hydrogens is 364 g/mol. The lowest BCUT2D eigenvalue weighted by Gasteiger charge is -2.08. The molecule has 0 fully saturated rings. The number of fused-ring (bicyclic) bond motifs is 1. The van der Waals surface area contributed by atoms with Crippen LogP contribution in [0.5, 0.6) is 0 Å². The van der Waals surface area contributed by atoms with E-state index in [1.807, 2.05) is 24.3 Å². The van der Waals surface area contributed by atoms with Crippen LogP contribution in [-0.2, 0) is 15.6 Å². The van der Waals surface area contributed by atoms with Gasteiger partial charge in [0.05, 0.1) is 17.5 Å². The highest BCUT2D eigenvalue weighted by Crippen LogP contribution is 2.24. The fourth-order valence-corrected chi connectivity index (χ4v) is 3.57. The summed E-state index contributed by atoms with van der Waals surface area (Å²) in [6, 6.07) is 13.0. The molecule has 0 radical (unpaired) electrons. The quantitative estimate of drug-likeness (QED) is 0.565. The molecule has 2 aromatic heterocycles. The summed E-state index contributed by atoms with van der Waals surface area (Å²) in [6.45, 7) is 0. The number of sulfone groups is 1. The molecule has 0 saturated carbocycles. The zero-order chi connectivity index (χ0) is 18.9. The third-order valence-electron chi connectivity index (χ3n) is 3.96. The van der Waals surface area contributed by atoms with E-state index in [1.54, 1.807) is 36.9 Å². The predicted molar refractivity (Wildman–Crippen MR) is 103 cm³/mol. The average molecular weight is 380 g/mol. The second kappa shape index (κ2) is 6.81. The Labute approximate surface area is 156 Å². The van der Waals surface area contributed by atoms with E-state index in [-0.39, 0.29) is 5.75 Å². The van der Waals surface area contributed by atoms with Crippen LogP contribution in [-0.4, -0.2) is 29.8 Å². The van der Waals surface area contributed by atoms with Crippen molar-refractivity contribution in [2.24, 2.45) is 0 Å². The van der Waals surface area contributed by atoms with Crippen molar-refractivity contribution < 1.29 is 12.9 Å². The topological polar surface area (TPSA) is 98.0 Å². The van der Waals surface area contributed by atoms with Gasteiger partial charge in [0.2, 0.25) is 5.95 Å². The summed E-state index contributed by atoms with van der Waals surface area (Å²) in [7, 11) is -3.09. The van der Waals surface area contributed by atoms with Crippen molar-refractivity contribution in [3.8, 4) is 11.1 Å². The number of benzene rings is 2. The van der Waals surface area contributed by atoms with E-state index in [0.29, 0.717) is 11.5 Å². The van der Waals surface area contributed by atoms with Crippen LogP contribution in [0.4, 0.5) is 11.6 Å². The lowest BCUT2D eigenvalue weighted by molar-refractivity contribution is 0.420. The van der Waals surface area contributed by atoms with Gasteiger partial charge in [-0.1, -0.05) is 29.4 Å². The highest BCUT2D eigenvalue weighted by molar-refractivity contribution is 7.89. The smallest absolute Gasteiger partial charge is 0.227 e. The van der Waals surface area contributed by atoms with Crippen molar-refractivity contribution in [2.75, 3.05) is 11.6 Å². The van der Waals surface area contributed by atoms with Gasteiger partial charge in [0.25, 0.3) is 0 Å². The van der Waals surface area contributed by atoms with Gasteiger partial charge >= 0.3 is 0 Å². The normalized spacial score (nSPS) is 11.6. The van der Waals surface area contributed by atoms with Crippen molar-refractivity contribution in [1.82, 2.24) is 15.1 Å². The number of aromatic nitrogens is 3. The molecule has 0 aliphatic rings. The fraction of sp³-hybridized carbons (Fsp3) is 0.105. The second-order valence-electron chi connectivity index (χ2n) is 6.28. The Hall–Kier alpha value is -3.26. The molecule has 136 valence electrons. The second-order valence-corrected chi connectivity index (χ2v) is 8.42. The van der Waals surface area contributed by atoms with E-state index >= 15 is 0 Å². The number of hydrogen-bond donors (Lipinski definition) is 1. The summed E-state index contributed by atoms with van der Waals surface area (Å²) in [6.07, 6.45) is 6.18. The maximum Gasteiger partial charge on any atom is 0.227 e. The number of anilines is 2. The van der Waals surface area contributed by atoms with Crippen LogP contribution in [0.2, 0.25) is 0 Å². The standard InChI is InChI=1S/C19H16N4O3S/c1-27(24,25)12-13-3-2-4-17(7-13)22-19-20-9-15-6-5-14(8-18(15)23-19)16-10-21-26-11-16/h2-11H,12H2,1H3,(H,20,22,23). The van der Waals surface area contributed by atoms with Crippen LogP contribution in [0.1, 0.15) is 5.56 Å². The highest BCUT2D eigenvalue weighted by atomic mass is 32.2. The van der Waals surface area contributed by atoms with Crippen LogP contribution >= 0.6 is 0 Å². The first-order valence-corrected chi connectivity index (χ1v) is 10.2. The molecule has 0 amide bonds. The Morgan fingerprint density at radius 2 is 1.96 bits per heavy atom. The molecule has 27 heavy (non-hydrogen) atoms. The van der Waals surface area contributed by atoms with Gasteiger partial charge in [0.1, 0.15) is 6.26 Å². The van der Waals surface area contributed by atoms with Gasteiger partial charge in [0, 0.05) is 29.1 Å². The molecule has 2 aromatic carbocycles. The van der Waals surface area contributed by atoms with Crippen LogP contribution < -0.4 is 5.32 Å². The van der Waals surface area contributed by atoms with Gasteiger partial charge < -0.3 is 9.84 Å². The first-order chi connectivity index (χ1) is 13.0. The molecule has 0 aliphatic heterocycles. The van der Waals surface area contributed by atoms with Gasteiger partial charge in [-0.2, -0.15) is 0 Å². The lowest BCUT2D eigenvalue weighted by atomic mass is 10.1. The number of hydrogen-bond acceptors (Lipinski definition) is 7. The number of nitrogens with one attached hydrogen (secondary N) is 1. The Bertz CT molecular complexity index is 1200. The lowest BCUT2D eigenvalue weighted by Crippen LogP contribution is -2.02. The first kappa shape index (κ1) is 17.2. The number of nitrogens with zero attached hydrogens (tertiary/aromatic N) is 3. The fourth-order valence-electron chi connectivity index (χ4n) is 2.78. The Kier molecular flexibility index (Phi) is 4.33. The van der Waals surface area contributed by atoms with Crippen molar-refractivity contribution in [1.29, 1.82) is 0 Å². The molecule has 4 rings (SSSR count). The van der Waals surface area contributed by atoms with Crippen molar-refractivity contribution in [2.45, 2.75) is 5.75 Å². The number of rotatable bonds is 5. The molecular formula is C19H16N4O3S. The SMILES string of the molecule is CS(=O)(=O)Cc1cccc(Nc2ncc3ccc(-c4cnoc4)cc3n2)c1. The first-order valence-electron chi connectivity index (χ1n) is 8.16. The molecule has 0 spiro atoms. The van der Waals surface area contributed by atoms with Gasteiger partial charge in [-0.15, -0.1) is 0 Å². The summed E-state index contributed by atoms with van der Waals surface area (Å²) < 4.78 is 27.9. The van der Waals surface area contributed by atoms with E-state index in [2.05, 4.69) is 20.4 Å². The molecule has 0 aliphatic carbocycles. The predicted octanol–water partition coefficient (Wildman–Crippen LogP) is 3.57. The minimum Gasteiger partial charge on any atom is -0.364 e. The maximum absolute atomic E-state index is 11.5. The zero-order valence-electron chi connectivity index (χ0n) is 14.5. The molecule has 8 heteroatoms. The molecule has 4 aromatic rings. The molecule has 0 atom stereocenters. The van der Waals surface area contributed by atoms with Crippen molar-refractivity contribution >= 4 is 32.4 Å². The monoisotopic (exact) mass is 380 g/mol. The molecule has 7 nitrogen and oxygen atoms in total. The molecule has 0 saturated heterocycles.